The lowest BCUT2D eigenvalue weighted by atomic mass is 10.3. The molecule has 13 heavy (non-hydrogen) atoms. The number of halogens is 1. The Labute approximate surface area is 82.3 Å². The zero-order valence-corrected chi connectivity index (χ0v) is 8.30. The summed E-state index contributed by atoms with van der Waals surface area (Å²) in [5, 5.41) is 0.218. The van der Waals surface area contributed by atoms with E-state index < -0.39 is 0 Å². The highest BCUT2D eigenvalue weighted by Crippen LogP contribution is 2.05. The second kappa shape index (κ2) is 4.23. The van der Waals surface area contributed by atoms with Gasteiger partial charge in [-0.1, -0.05) is 11.6 Å². The molecule has 1 aromatic rings. The average molecular weight is 198 g/mol. The number of carbonyl (C=O) groups excluding carboxylic acids is 1. The molecule has 0 aliphatic heterocycles. The van der Waals surface area contributed by atoms with E-state index in [4.69, 9.17) is 11.6 Å². The van der Waals surface area contributed by atoms with Crippen LogP contribution < -0.4 is 0 Å². The minimum absolute atomic E-state index is 0.126. The lowest BCUT2D eigenvalue weighted by molar-refractivity contribution is 0.0796. The minimum Gasteiger partial charge on any atom is -0.341 e. The van der Waals surface area contributed by atoms with Crippen molar-refractivity contribution >= 4 is 17.5 Å². The maximum Gasteiger partial charge on any atom is 0.272 e. The number of amides is 1. The highest BCUT2D eigenvalue weighted by atomic mass is 35.5. The van der Waals surface area contributed by atoms with Gasteiger partial charge >= 0.3 is 0 Å². The molecule has 0 spiro atoms. The molecule has 1 rings (SSSR count). The second-order valence-corrected chi connectivity index (χ2v) is 2.94. The molecule has 0 saturated carbocycles. The number of aromatic nitrogens is 1. The SMILES string of the molecule is CCN(C)C(=O)c1cc[c]c(Cl)n1. The highest BCUT2D eigenvalue weighted by Gasteiger charge is 2.10. The zero-order valence-electron chi connectivity index (χ0n) is 7.54. The fourth-order valence-electron chi connectivity index (χ4n) is 0.823. The topological polar surface area (TPSA) is 33.2 Å². The lowest BCUT2D eigenvalue weighted by Crippen LogP contribution is -2.26. The van der Waals surface area contributed by atoms with Gasteiger partial charge in [-0.2, -0.15) is 0 Å². The molecule has 0 aromatic carbocycles. The molecule has 69 valence electrons. The van der Waals surface area contributed by atoms with Crippen molar-refractivity contribution < 1.29 is 4.79 Å². The van der Waals surface area contributed by atoms with E-state index in [-0.39, 0.29) is 11.1 Å². The average Bonchev–Trinajstić information content (AvgIpc) is 2.15. The van der Waals surface area contributed by atoms with Crippen molar-refractivity contribution in [3.63, 3.8) is 0 Å². The van der Waals surface area contributed by atoms with Crippen molar-refractivity contribution in [2.75, 3.05) is 13.6 Å². The molecule has 1 amide bonds. The normalized spacial score (nSPS) is 9.77. The molecule has 0 aliphatic carbocycles. The van der Waals surface area contributed by atoms with Crippen LogP contribution in [0.25, 0.3) is 0 Å². The maximum atomic E-state index is 11.5. The quantitative estimate of drug-likeness (QED) is 0.676. The zero-order chi connectivity index (χ0) is 9.84. The Hall–Kier alpha value is -1.09. The molecule has 1 radical (unpaired) electrons. The van der Waals surface area contributed by atoms with Gasteiger partial charge in [0.2, 0.25) is 0 Å². The molecule has 0 bridgehead atoms. The minimum atomic E-state index is -0.126. The van der Waals surface area contributed by atoms with Crippen LogP contribution in [0.15, 0.2) is 12.1 Å². The van der Waals surface area contributed by atoms with E-state index in [1.54, 1.807) is 24.1 Å². The number of rotatable bonds is 2. The van der Waals surface area contributed by atoms with E-state index in [1.165, 1.54) is 0 Å². The number of hydrogen-bond donors (Lipinski definition) is 0. The summed E-state index contributed by atoms with van der Waals surface area (Å²) in [5.41, 5.74) is 0.355. The predicted molar refractivity (Wildman–Crippen MR) is 50.7 cm³/mol. The first-order valence-corrected chi connectivity index (χ1v) is 4.32. The van der Waals surface area contributed by atoms with Crippen molar-refractivity contribution in [3.05, 3.63) is 29.0 Å². The first-order chi connectivity index (χ1) is 6.15. The van der Waals surface area contributed by atoms with Crippen LogP contribution in [0.3, 0.4) is 0 Å². The summed E-state index contributed by atoms with van der Waals surface area (Å²) in [6.45, 7) is 2.55. The number of carbonyl (C=O) groups is 1. The van der Waals surface area contributed by atoms with Gasteiger partial charge in [-0.25, -0.2) is 4.98 Å². The van der Waals surface area contributed by atoms with Gasteiger partial charge in [-0.3, -0.25) is 4.79 Å². The summed E-state index contributed by atoms with van der Waals surface area (Å²) < 4.78 is 0. The van der Waals surface area contributed by atoms with E-state index >= 15 is 0 Å². The molecule has 0 unspecified atom stereocenters. The summed E-state index contributed by atoms with van der Waals surface area (Å²) in [7, 11) is 1.72. The van der Waals surface area contributed by atoms with Gasteiger partial charge in [-0.05, 0) is 19.1 Å². The van der Waals surface area contributed by atoms with Gasteiger partial charge in [-0.15, -0.1) is 0 Å². The summed E-state index contributed by atoms with van der Waals surface area (Å²) >= 11 is 5.60. The Morgan fingerprint density at radius 3 is 3.00 bits per heavy atom. The summed E-state index contributed by atoms with van der Waals surface area (Å²) in [5.74, 6) is -0.126. The first-order valence-electron chi connectivity index (χ1n) is 3.95. The largest absolute Gasteiger partial charge is 0.341 e. The molecule has 0 saturated heterocycles. The fraction of sp³-hybridized carbons (Fsp3) is 0.333. The Morgan fingerprint density at radius 2 is 2.46 bits per heavy atom. The van der Waals surface area contributed by atoms with Gasteiger partial charge in [0.25, 0.3) is 5.91 Å². The molecule has 4 heteroatoms. The third kappa shape index (κ3) is 2.42. The van der Waals surface area contributed by atoms with Crippen LogP contribution in [0.4, 0.5) is 0 Å². The molecule has 0 N–H and O–H groups in total. The molecule has 3 nitrogen and oxygen atoms in total. The van der Waals surface area contributed by atoms with Crippen LogP contribution in [0.5, 0.6) is 0 Å². The molecule has 1 aromatic heterocycles. The molecular formula is C9H10ClN2O. The van der Waals surface area contributed by atoms with E-state index in [9.17, 15) is 4.79 Å². The Morgan fingerprint density at radius 1 is 1.77 bits per heavy atom. The summed E-state index contributed by atoms with van der Waals surface area (Å²) in [4.78, 5) is 16.9. The Kier molecular flexibility index (Phi) is 3.25. The van der Waals surface area contributed by atoms with Gasteiger partial charge in [0.1, 0.15) is 10.8 Å². The van der Waals surface area contributed by atoms with E-state index in [1.807, 2.05) is 6.92 Å². The van der Waals surface area contributed by atoms with Crippen molar-refractivity contribution in [1.82, 2.24) is 9.88 Å². The molecule has 0 aliphatic rings. The monoisotopic (exact) mass is 197 g/mol. The van der Waals surface area contributed by atoms with E-state index in [2.05, 4.69) is 11.1 Å². The highest BCUT2D eigenvalue weighted by molar-refractivity contribution is 6.29. The van der Waals surface area contributed by atoms with Gasteiger partial charge in [0.05, 0.1) is 0 Å². The standard InChI is InChI=1S/C9H10ClN2O/c1-3-12(2)9(13)7-5-4-6-8(10)11-7/h4-5H,3H2,1-2H3. The van der Waals surface area contributed by atoms with Crippen molar-refractivity contribution in [2.45, 2.75) is 6.92 Å². The van der Waals surface area contributed by atoms with E-state index in [0.29, 0.717) is 12.2 Å². The van der Waals surface area contributed by atoms with Crippen LogP contribution in [0, 0.1) is 6.07 Å². The number of hydrogen-bond acceptors (Lipinski definition) is 2. The third-order valence-electron chi connectivity index (χ3n) is 1.70. The molecule has 1 heterocycles. The van der Waals surface area contributed by atoms with Crippen LogP contribution in [-0.4, -0.2) is 29.4 Å². The Bertz CT molecular complexity index is 314. The molecule has 0 atom stereocenters. The van der Waals surface area contributed by atoms with Gasteiger partial charge in [0, 0.05) is 19.7 Å². The maximum absolute atomic E-state index is 11.5. The van der Waals surface area contributed by atoms with Crippen molar-refractivity contribution in [1.29, 1.82) is 0 Å². The molecular weight excluding hydrogens is 188 g/mol. The predicted octanol–water partition coefficient (Wildman–Crippen LogP) is 1.63. The second-order valence-electron chi connectivity index (χ2n) is 2.58. The Balaban J connectivity index is 2.89. The van der Waals surface area contributed by atoms with Gasteiger partial charge < -0.3 is 4.90 Å². The van der Waals surface area contributed by atoms with E-state index in [0.717, 1.165) is 0 Å². The third-order valence-corrected chi connectivity index (χ3v) is 1.90. The van der Waals surface area contributed by atoms with Crippen LogP contribution in [0.1, 0.15) is 17.4 Å². The lowest BCUT2D eigenvalue weighted by Gasteiger charge is -2.13. The summed E-state index contributed by atoms with van der Waals surface area (Å²) in [6.07, 6.45) is 0. The number of pyridine rings is 1. The molecule has 0 fully saturated rings. The van der Waals surface area contributed by atoms with Crippen LogP contribution in [-0.2, 0) is 0 Å². The van der Waals surface area contributed by atoms with Crippen molar-refractivity contribution in [3.8, 4) is 0 Å². The summed E-state index contributed by atoms with van der Waals surface area (Å²) in [6, 6.07) is 5.85. The van der Waals surface area contributed by atoms with Crippen molar-refractivity contribution in [2.24, 2.45) is 0 Å². The van der Waals surface area contributed by atoms with Gasteiger partial charge in [0.15, 0.2) is 0 Å². The number of nitrogens with zero attached hydrogens (tertiary/aromatic N) is 2. The smallest absolute Gasteiger partial charge is 0.272 e. The van der Waals surface area contributed by atoms with Crippen LogP contribution >= 0.6 is 11.6 Å². The first kappa shape index (κ1) is 9.99. The van der Waals surface area contributed by atoms with Crippen LogP contribution in [0.2, 0.25) is 5.15 Å². The fourth-order valence-corrected chi connectivity index (χ4v) is 0.977.